The van der Waals surface area contributed by atoms with Crippen molar-refractivity contribution in [3.63, 3.8) is 0 Å². The number of carbonyl (C=O) groups is 2. The topological polar surface area (TPSA) is 110 Å². The highest BCUT2D eigenvalue weighted by atomic mass is 16.4. The van der Waals surface area contributed by atoms with Crippen LogP contribution in [0.5, 0.6) is 11.5 Å². The summed E-state index contributed by atoms with van der Waals surface area (Å²) in [7, 11) is 1.65. The number of amides is 1. The van der Waals surface area contributed by atoms with Crippen LogP contribution in [0, 0.1) is 0 Å². The predicted octanol–water partition coefficient (Wildman–Crippen LogP) is 4.41. The minimum atomic E-state index is -0.943. The number of aliphatic carboxylic acids is 1. The van der Waals surface area contributed by atoms with E-state index in [0.29, 0.717) is 24.2 Å². The third-order valence-electron chi connectivity index (χ3n) is 5.68. The highest BCUT2D eigenvalue weighted by Gasteiger charge is 2.21. The molecule has 3 aromatic rings. The average molecular weight is 463 g/mol. The molecule has 0 saturated carbocycles. The molecule has 0 heterocycles. The molecule has 0 spiro atoms. The van der Waals surface area contributed by atoms with Crippen LogP contribution in [-0.4, -0.2) is 39.1 Å². The highest BCUT2D eigenvalue weighted by molar-refractivity contribution is 5.97. The molecule has 1 atom stereocenters. The first kappa shape index (κ1) is 24.8. The molecule has 0 aliphatic rings. The Morgan fingerprint density at radius 2 is 1.53 bits per heavy atom. The number of hydrogen-bond acceptors (Lipinski definition) is 5. The summed E-state index contributed by atoms with van der Waals surface area (Å²) in [4.78, 5) is 26.1. The van der Waals surface area contributed by atoms with E-state index in [9.17, 15) is 24.9 Å². The second-order valence-corrected chi connectivity index (χ2v) is 8.62. The van der Waals surface area contributed by atoms with Gasteiger partial charge in [-0.15, -0.1) is 0 Å². The second kappa shape index (κ2) is 10.9. The van der Waals surface area contributed by atoms with E-state index in [2.05, 4.69) is 5.32 Å². The molecule has 0 unspecified atom stereocenters. The summed E-state index contributed by atoms with van der Waals surface area (Å²) in [5.41, 5.74) is 3.23. The first-order chi connectivity index (χ1) is 16.2. The van der Waals surface area contributed by atoms with Gasteiger partial charge in [0.05, 0.1) is 5.56 Å². The van der Waals surface area contributed by atoms with Crippen LogP contribution >= 0.6 is 0 Å². The fourth-order valence-corrected chi connectivity index (χ4v) is 3.75. The fraction of sp³-hybridized carbons (Fsp3) is 0.259. The van der Waals surface area contributed by atoms with Gasteiger partial charge in [0.1, 0.15) is 17.5 Å². The number of rotatable bonds is 9. The molecule has 34 heavy (non-hydrogen) atoms. The van der Waals surface area contributed by atoms with Gasteiger partial charge < -0.3 is 20.2 Å². The molecule has 0 bridgehead atoms. The Hall–Kier alpha value is -3.84. The number of carboxylic acids is 1. The van der Waals surface area contributed by atoms with Crippen LogP contribution in [0.1, 0.15) is 58.4 Å². The largest absolute Gasteiger partial charge is 0.508 e. The normalized spacial score (nSPS) is 11.9. The van der Waals surface area contributed by atoms with Crippen molar-refractivity contribution in [1.82, 2.24) is 10.2 Å². The van der Waals surface area contributed by atoms with Crippen molar-refractivity contribution in [3.8, 4) is 11.5 Å². The molecule has 3 rings (SSSR count). The monoisotopic (exact) mass is 462 g/mol. The standard InChI is InChI=1S/C27H30N2O5/c1-17(2)21-13-22(24(31)14-23(21)30)26(32)29(3)16-19-11-9-18(10-12-19)15-28-25(27(33)34)20-7-5-4-6-8-20/h4-14,17,25,28,30-31H,15-16H2,1-3H3,(H,33,34)/t25-/m0/s1. The maximum absolute atomic E-state index is 12.9. The molecule has 3 aromatic carbocycles. The zero-order chi connectivity index (χ0) is 24.8. The zero-order valence-electron chi connectivity index (χ0n) is 19.5. The van der Waals surface area contributed by atoms with Crippen molar-refractivity contribution in [1.29, 1.82) is 0 Å². The molecule has 0 radical (unpaired) electrons. The van der Waals surface area contributed by atoms with Gasteiger partial charge in [-0.2, -0.15) is 0 Å². The van der Waals surface area contributed by atoms with E-state index in [1.807, 2.05) is 44.2 Å². The van der Waals surface area contributed by atoms with Crippen molar-refractivity contribution >= 4 is 11.9 Å². The fourth-order valence-electron chi connectivity index (χ4n) is 3.75. The lowest BCUT2D eigenvalue weighted by molar-refractivity contribution is -0.139. The van der Waals surface area contributed by atoms with Crippen LogP contribution in [0.15, 0.2) is 66.7 Å². The average Bonchev–Trinajstić information content (AvgIpc) is 2.80. The van der Waals surface area contributed by atoms with Crippen LogP contribution in [0.4, 0.5) is 0 Å². The van der Waals surface area contributed by atoms with Crippen LogP contribution in [0.2, 0.25) is 0 Å². The minimum Gasteiger partial charge on any atom is -0.508 e. The summed E-state index contributed by atoms with van der Waals surface area (Å²) < 4.78 is 0. The summed E-state index contributed by atoms with van der Waals surface area (Å²) in [6.07, 6.45) is 0. The Bertz CT molecular complexity index is 1140. The van der Waals surface area contributed by atoms with E-state index < -0.39 is 12.0 Å². The molecular weight excluding hydrogens is 432 g/mol. The van der Waals surface area contributed by atoms with Gasteiger partial charge in [-0.05, 0) is 34.2 Å². The quantitative estimate of drug-likeness (QED) is 0.375. The van der Waals surface area contributed by atoms with Crippen molar-refractivity contribution in [2.75, 3.05) is 7.05 Å². The van der Waals surface area contributed by atoms with Crippen molar-refractivity contribution < 1.29 is 24.9 Å². The molecule has 1 amide bonds. The number of hydrogen-bond donors (Lipinski definition) is 4. The van der Waals surface area contributed by atoms with Crippen molar-refractivity contribution in [3.05, 3.63) is 94.5 Å². The van der Waals surface area contributed by atoms with Crippen LogP contribution in [0.3, 0.4) is 0 Å². The van der Waals surface area contributed by atoms with Gasteiger partial charge in [-0.3, -0.25) is 14.9 Å². The van der Waals surface area contributed by atoms with E-state index >= 15 is 0 Å². The molecule has 0 fully saturated rings. The first-order valence-electron chi connectivity index (χ1n) is 11.1. The molecule has 0 aliphatic heterocycles. The molecule has 0 aliphatic carbocycles. The van der Waals surface area contributed by atoms with Crippen molar-refractivity contribution in [2.45, 2.75) is 38.9 Å². The van der Waals surface area contributed by atoms with Gasteiger partial charge >= 0.3 is 5.97 Å². The summed E-state index contributed by atoms with van der Waals surface area (Å²) in [6.45, 7) is 4.50. The van der Waals surface area contributed by atoms with E-state index in [-0.39, 0.29) is 28.9 Å². The molecule has 4 N–H and O–H groups in total. The van der Waals surface area contributed by atoms with Crippen LogP contribution < -0.4 is 5.32 Å². The maximum atomic E-state index is 12.9. The number of nitrogens with zero attached hydrogens (tertiary/aromatic N) is 1. The Labute approximate surface area is 199 Å². The van der Waals surface area contributed by atoms with Gasteiger partial charge in [0.25, 0.3) is 5.91 Å². The SMILES string of the molecule is CC(C)c1cc(C(=O)N(C)Cc2ccc(CN[C@H](C(=O)O)c3ccccc3)cc2)c(O)cc1O. The molecular formula is C27H30N2O5. The third-order valence-corrected chi connectivity index (χ3v) is 5.68. The number of benzene rings is 3. The maximum Gasteiger partial charge on any atom is 0.325 e. The summed E-state index contributed by atoms with van der Waals surface area (Å²) in [5, 5.41) is 32.8. The number of carboxylic acid groups (broad SMARTS) is 1. The number of aromatic hydroxyl groups is 2. The number of carbonyl (C=O) groups excluding carboxylic acids is 1. The molecule has 7 nitrogen and oxygen atoms in total. The van der Waals surface area contributed by atoms with Gasteiger partial charge in [-0.1, -0.05) is 68.4 Å². The molecule has 0 aromatic heterocycles. The first-order valence-corrected chi connectivity index (χ1v) is 11.1. The highest BCUT2D eigenvalue weighted by Crippen LogP contribution is 2.32. The minimum absolute atomic E-state index is 0.00113. The number of phenolic OH excluding ortho intramolecular Hbond substituents is 2. The smallest absolute Gasteiger partial charge is 0.325 e. The molecule has 7 heteroatoms. The van der Waals surface area contributed by atoms with E-state index in [1.54, 1.807) is 31.3 Å². The van der Waals surface area contributed by atoms with Crippen molar-refractivity contribution in [2.24, 2.45) is 0 Å². The van der Waals surface area contributed by atoms with Gasteiger partial charge in [-0.25, -0.2) is 0 Å². The number of nitrogens with one attached hydrogen (secondary N) is 1. The summed E-state index contributed by atoms with van der Waals surface area (Å²) in [6, 6.07) is 18.5. The molecule has 0 saturated heterocycles. The Morgan fingerprint density at radius 1 is 0.912 bits per heavy atom. The van der Waals surface area contributed by atoms with Crippen LogP contribution in [0.25, 0.3) is 0 Å². The third kappa shape index (κ3) is 5.94. The van der Waals surface area contributed by atoms with E-state index in [1.165, 1.54) is 17.0 Å². The lowest BCUT2D eigenvalue weighted by Crippen LogP contribution is -2.28. The molecule has 178 valence electrons. The summed E-state index contributed by atoms with van der Waals surface area (Å²) in [5.74, 6) is -1.58. The number of phenols is 2. The Balaban J connectivity index is 1.65. The Morgan fingerprint density at radius 3 is 2.12 bits per heavy atom. The van der Waals surface area contributed by atoms with Gasteiger partial charge in [0, 0.05) is 26.2 Å². The predicted molar refractivity (Wildman–Crippen MR) is 130 cm³/mol. The van der Waals surface area contributed by atoms with E-state index in [0.717, 1.165) is 11.1 Å². The van der Waals surface area contributed by atoms with Crippen LogP contribution in [-0.2, 0) is 17.9 Å². The summed E-state index contributed by atoms with van der Waals surface area (Å²) >= 11 is 0. The second-order valence-electron chi connectivity index (χ2n) is 8.62. The lowest BCUT2D eigenvalue weighted by atomic mass is 9.98. The zero-order valence-corrected chi connectivity index (χ0v) is 19.5. The van der Waals surface area contributed by atoms with E-state index in [4.69, 9.17) is 0 Å². The lowest BCUT2D eigenvalue weighted by Gasteiger charge is -2.20. The Kier molecular flexibility index (Phi) is 7.91. The van der Waals surface area contributed by atoms with Gasteiger partial charge in [0.15, 0.2) is 0 Å². The van der Waals surface area contributed by atoms with Gasteiger partial charge in [0.2, 0.25) is 0 Å².